The van der Waals surface area contributed by atoms with Gasteiger partial charge in [0.15, 0.2) is 5.12 Å². The minimum atomic E-state index is -0.995. The lowest BCUT2D eigenvalue weighted by Gasteiger charge is -1.96. The Balaban J connectivity index is 2.82. The number of carboxylic acid groups (broad SMARTS) is 1. The Labute approximate surface area is 110 Å². The van der Waals surface area contributed by atoms with Gasteiger partial charge >= 0.3 is 5.97 Å². The Morgan fingerprint density at radius 2 is 2.11 bits per heavy atom. The molecule has 0 fully saturated rings. The predicted molar refractivity (Wildman–Crippen MR) is 73.1 cm³/mol. The number of carboxylic acids is 1. The first-order valence-corrected chi connectivity index (χ1v) is 6.20. The minimum Gasteiger partial charge on any atom is -0.478 e. The van der Waals surface area contributed by atoms with E-state index in [0.29, 0.717) is 5.75 Å². The van der Waals surface area contributed by atoms with Crippen LogP contribution in [0, 0.1) is 11.8 Å². The summed E-state index contributed by atoms with van der Waals surface area (Å²) < 4.78 is 0. The highest BCUT2D eigenvalue weighted by Gasteiger charge is 1.96. The zero-order chi connectivity index (χ0) is 13.4. The van der Waals surface area contributed by atoms with Gasteiger partial charge in [-0.2, -0.15) is 0 Å². The van der Waals surface area contributed by atoms with Crippen LogP contribution in [0.4, 0.5) is 0 Å². The van der Waals surface area contributed by atoms with Gasteiger partial charge in [0.1, 0.15) is 0 Å². The summed E-state index contributed by atoms with van der Waals surface area (Å²) in [5, 5.41) is 8.61. The average molecular weight is 260 g/mol. The first-order chi connectivity index (χ1) is 8.59. The number of carbonyl (C=O) groups excluding carboxylic acids is 1. The fourth-order valence-electron chi connectivity index (χ4n) is 1.19. The molecule has 92 valence electrons. The van der Waals surface area contributed by atoms with E-state index in [-0.39, 0.29) is 5.12 Å². The first kappa shape index (κ1) is 14.1. The molecule has 0 radical (unpaired) electrons. The molecule has 0 unspecified atom stereocenters. The summed E-state index contributed by atoms with van der Waals surface area (Å²) >= 11 is 1.15. The molecule has 0 aliphatic rings. The van der Waals surface area contributed by atoms with Gasteiger partial charge in [-0.15, -0.1) is 0 Å². The summed E-state index contributed by atoms with van der Waals surface area (Å²) in [6, 6.07) is 7.26. The molecule has 0 spiro atoms. The van der Waals surface area contributed by atoms with E-state index < -0.39 is 5.97 Å². The van der Waals surface area contributed by atoms with Crippen molar-refractivity contribution in [1.29, 1.82) is 0 Å². The third-order valence-electron chi connectivity index (χ3n) is 1.94. The second-order valence-electron chi connectivity index (χ2n) is 3.34. The molecule has 0 saturated heterocycles. The second kappa shape index (κ2) is 7.36. The van der Waals surface area contributed by atoms with Gasteiger partial charge in [0, 0.05) is 18.6 Å². The van der Waals surface area contributed by atoms with Crippen molar-refractivity contribution < 1.29 is 14.7 Å². The largest absolute Gasteiger partial charge is 0.478 e. The van der Waals surface area contributed by atoms with Crippen LogP contribution in [0.3, 0.4) is 0 Å². The predicted octanol–water partition coefficient (Wildman–Crippen LogP) is 2.42. The summed E-state index contributed by atoms with van der Waals surface area (Å²) in [5.74, 6) is 5.24. The molecule has 0 saturated carbocycles. The van der Waals surface area contributed by atoms with E-state index in [1.54, 1.807) is 6.07 Å². The van der Waals surface area contributed by atoms with E-state index >= 15 is 0 Å². The van der Waals surface area contributed by atoms with E-state index in [0.717, 1.165) is 29.0 Å². The molecule has 0 aliphatic heterocycles. The van der Waals surface area contributed by atoms with Gasteiger partial charge in [-0.3, -0.25) is 4.79 Å². The van der Waals surface area contributed by atoms with Crippen LogP contribution in [0.5, 0.6) is 0 Å². The van der Waals surface area contributed by atoms with Crippen LogP contribution in [-0.2, 0) is 9.59 Å². The maximum absolute atomic E-state index is 10.7. The van der Waals surface area contributed by atoms with Crippen molar-refractivity contribution in [3.8, 4) is 11.8 Å². The number of carbonyl (C=O) groups is 2. The fraction of sp³-hybridized carbons (Fsp3) is 0.143. The Bertz CT molecular complexity index is 535. The van der Waals surface area contributed by atoms with Gasteiger partial charge in [-0.05, 0) is 17.7 Å². The fourth-order valence-corrected chi connectivity index (χ4v) is 1.53. The first-order valence-electron chi connectivity index (χ1n) is 5.22. The molecule has 3 nitrogen and oxygen atoms in total. The Morgan fingerprint density at radius 3 is 2.78 bits per heavy atom. The molecular formula is C14H12O3S. The highest BCUT2D eigenvalue weighted by atomic mass is 32.2. The van der Waals surface area contributed by atoms with E-state index in [4.69, 9.17) is 5.11 Å². The Hall–Kier alpha value is -1.99. The van der Waals surface area contributed by atoms with Crippen LogP contribution in [0.25, 0.3) is 6.08 Å². The molecule has 1 rings (SSSR count). The minimum absolute atomic E-state index is 0.0309. The highest BCUT2D eigenvalue weighted by Crippen LogP contribution is 2.09. The van der Waals surface area contributed by atoms with Gasteiger partial charge in [-0.1, -0.05) is 41.8 Å². The van der Waals surface area contributed by atoms with Crippen LogP contribution in [0.1, 0.15) is 18.1 Å². The summed E-state index contributed by atoms with van der Waals surface area (Å²) in [5.41, 5.74) is 1.50. The molecule has 0 heterocycles. The summed E-state index contributed by atoms with van der Waals surface area (Å²) in [6.07, 6.45) is 2.58. The monoisotopic (exact) mass is 260 g/mol. The maximum atomic E-state index is 10.7. The van der Waals surface area contributed by atoms with Crippen molar-refractivity contribution in [3.63, 3.8) is 0 Å². The molecule has 0 aromatic heterocycles. The van der Waals surface area contributed by atoms with Crippen LogP contribution in [0.15, 0.2) is 30.3 Å². The number of rotatable bonds is 3. The Morgan fingerprint density at radius 1 is 1.39 bits per heavy atom. The van der Waals surface area contributed by atoms with Gasteiger partial charge < -0.3 is 5.11 Å². The van der Waals surface area contributed by atoms with Crippen LogP contribution in [-0.4, -0.2) is 21.9 Å². The molecule has 1 N–H and O–H groups in total. The number of benzene rings is 1. The number of thioether (sulfide) groups is 1. The van der Waals surface area contributed by atoms with Gasteiger partial charge in [0.25, 0.3) is 0 Å². The lowest BCUT2D eigenvalue weighted by atomic mass is 10.1. The van der Waals surface area contributed by atoms with E-state index in [1.807, 2.05) is 18.2 Å². The zero-order valence-corrected chi connectivity index (χ0v) is 10.7. The third kappa shape index (κ3) is 5.37. The van der Waals surface area contributed by atoms with E-state index in [2.05, 4.69) is 11.8 Å². The summed E-state index contributed by atoms with van der Waals surface area (Å²) in [7, 11) is 0. The van der Waals surface area contributed by atoms with Crippen molar-refractivity contribution in [2.45, 2.75) is 6.92 Å². The molecule has 0 bridgehead atoms. The van der Waals surface area contributed by atoms with Crippen molar-refractivity contribution in [2.24, 2.45) is 0 Å². The SMILES string of the molecule is CC(=O)SCC#Cc1ccccc1/C=C/C(=O)O. The van der Waals surface area contributed by atoms with Gasteiger partial charge in [-0.25, -0.2) is 4.79 Å². The van der Waals surface area contributed by atoms with E-state index in [1.165, 1.54) is 13.0 Å². The lowest BCUT2D eigenvalue weighted by molar-refractivity contribution is -0.131. The molecule has 0 atom stereocenters. The highest BCUT2D eigenvalue weighted by molar-refractivity contribution is 8.13. The van der Waals surface area contributed by atoms with Crippen molar-refractivity contribution >= 4 is 28.9 Å². The molecule has 4 heteroatoms. The topological polar surface area (TPSA) is 54.4 Å². The molecule has 1 aromatic rings. The smallest absolute Gasteiger partial charge is 0.328 e. The number of hydrogen-bond donors (Lipinski definition) is 1. The molecule has 0 amide bonds. The molecule has 0 aliphatic carbocycles. The quantitative estimate of drug-likeness (QED) is 0.670. The molecule has 18 heavy (non-hydrogen) atoms. The summed E-state index contributed by atoms with van der Waals surface area (Å²) in [6.45, 7) is 1.50. The number of hydrogen-bond acceptors (Lipinski definition) is 3. The zero-order valence-electron chi connectivity index (χ0n) is 9.84. The lowest BCUT2D eigenvalue weighted by Crippen LogP contribution is -1.88. The van der Waals surface area contributed by atoms with Gasteiger partial charge in [0.2, 0.25) is 0 Å². The van der Waals surface area contributed by atoms with Crippen molar-refractivity contribution in [2.75, 3.05) is 5.75 Å². The van der Waals surface area contributed by atoms with Crippen LogP contribution < -0.4 is 0 Å². The van der Waals surface area contributed by atoms with Crippen molar-refractivity contribution in [3.05, 3.63) is 41.5 Å². The number of aliphatic carboxylic acids is 1. The normalized spacial score (nSPS) is 9.83. The van der Waals surface area contributed by atoms with Crippen LogP contribution >= 0.6 is 11.8 Å². The van der Waals surface area contributed by atoms with E-state index in [9.17, 15) is 9.59 Å². The maximum Gasteiger partial charge on any atom is 0.328 e. The molecular weight excluding hydrogens is 248 g/mol. The van der Waals surface area contributed by atoms with Gasteiger partial charge in [0.05, 0.1) is 5.75 Å². The third-order valence-corrected chi connectivity index (χ3v) is 2.63. The average Bonchev–Trinajstić information content (AvgIpc) is 2.33. The second-order valence-corrected chi connectivity index (χ2v) is 4.49. The standard InChI is InChI=1S/C14H12O3S/c1-11(15)18-10-4-7-12-5-2-3-6-13(12)8-9-14(16)17/h2-3,5-6,8-9H,10H2,1H3,(H,16,17)/b9-8+. The van der Waals surface area contributed by atoms with Crippen LogP contribution in [0.2, 0.25) is 0 Å². The molecule has 1 aromatic carbocycles. The van der Waals surface area contributed by atoms with Crippen molar-refractivity contribution in [1.82, 2.24) is 0 Å². The Kier molecular flexibility index (Phi) is 5.75. The summed E-state index contributed by atoms with van der Waals surface area (Å²) in [4.78, 5) is 21.2.